The third-order valence-corrected chi connectivity index (χ3v) is 7.61. The summed E-state index contributed by atoms with van der Waals surface area (Å²) in [5.41, 5.74) is 4.29. The molecule has 1 saturated heterocycles. The molecule has 0 aliphatic carbocycles. The zero-order valence-electron chi connectivity index (χ0n) is 18.7. The number of halogens is 1. The van der Waals surface area contributed by atoms with Crippen LogP contribution >= 0.6 is 11.8 Å². The van der Waals surface area contributed by atoms with Gasteiger partial charge in [-0.2, -0.15) is 0 Å². The molecular formula is C26H22FN3O3S. The Morgan fingerprint density at radius 3 is 2.59 bits per heavy atom. The Bertz CT molecular complexity index is 1340. The highest BCUT2D eigenvalue weighted by Crippen LogP contribution is 2.55. The summed E-state index contributed by atoms with van der Waals surface area (Å²) in [6.07, 6.45) is 0. The number of thioether (sulfide) groups is 1. The van der Waals surface area contributed by atoms with Crippen LogP contribution in [0.4, 0.5) is 21.5 Å². The van der Waals surface area contributed by atoms with Gasteiger partial charge in [-0.3, -0.25) is 24.2 Å². The molecule has 0 saturated carbocycles. The third-order valence-electron chi connectivity index (χ3n) is 6.22. The van der Waals surface area contributed by atoms with E-state index >= 15 is 0 Å². The second-order valence-electron chi connectivity index (χ2n) is 8.40. The molecule has 1 atom stereocenters. The molecule has 2 aliphatic rings. The van der Waals surface area contributed by atoms with Crippen LogP contribution in [-0.2, 0) is 19.3 Å². The highest BCUT2D eigenvalue weighted by Gasteiger charge is 2.61. The van der Waals surface area contributed by atoms with Gasteiger partial charge in [0.05, 0.1) is 11.4 Å². The van der Waals surface area contributed by atoms with E-state index in [-0.39, 0.29) is 24.1 Å². The molecular weight excluding hydrogens is 453 g/mol. The number of para-hydroxylation sites is 1. The minimum Gasteiger partial charge on any atom is -0.325 e. The number of carbonyl (C=O) groups is 3. The van der Waals surface area contributed by atoms with Crippen molar-refractivity contribution in [2.75, 3.05) is 27.4 Å². The first-order valence-corrected chi connectivity index (χ1v) is 11.8. The van der Waals surface area contributed by atoms with Crippen molar-refractivity contribution < 1.29 is 18.8 Å². The first-order chi connectivity index (χ1) is 16.3. The molecule has 3 aromatic rings. The monoisotopic (exact) mass is 475 g/mol. The van der Waals surface area contributed by atoms with E-state index in [1.807, 2.05) is 32.0 Å². The van der Waals surface area contributed by atoms with Gasteiger partial charge < -0.3 is 5.32 Å². The molecule has 0 radical (unpaired) electrons. The molecule has 0 aromatic heterocycles. The number of aryl methyl sites for hydroxylation is 2. The summed E-state index contributed by atoms with van der Waals surface area (Å²) in [4.78, 5) is 41.2. The lowest BCUT2D eigenvalue weighted by molar-refractivity contribution is -0.124. The van der Waals surface area contributed by atoms with Crippen LogP contribution in [0.15, 0.2) is 66.7 Å². The average Bonchev–Trinajstić information content (AvgIpc) is 3.27. The first kappa shape index (κ1) is 22.2. The van der Waals surface area contributed by atoms with E-state index in [1.54, 1.807) is 30.3 Å². The molecule has 1 fully saturated rings. The van der Waals surface area contributed by atoms with Gasteiger partial charge in [-0.05, 0) is 61.4 Å². The van der Waals surface area contributed by atoms with Crippen molar-refractivity contribution in [3.63, 3.8) is 0 Å². The van der Waals surface area contributed by atoms with Crippen LogP contribution in [0, 0.1) is 19.7 Å². The Balaban J connectivity index is 1.50. The SMILES string of the molecule is Cc1ccc(NC(=O)CN2C(=O)C3(SCC(=O)N3c3cccc(F)c3)c3ccccc32)cc1C. The van der Waals surface area contributed by atoms with Gasteiger partial charge >= 0.3 is 0 Å². The largest absolute Gasteiger partial charge is 0.325 e. The van der Waals surface area contributed by atoms with Gasteiger partial charge in [0, 0.05) is 16.9 Å². The lowest BCUT2D eigenvalue weighted by atomic mass is 10.0. The molecule has 34 heavy (non-hydrogen) atoms. The number of anilines is 3. The van der Waals surface area contributed by atoms with Crippen LogP contribution in [0.25, 0.3) is 0 Å². The topological polar surface area (TPSA) is 69.7 Å². The molecule has 1 unspecified atom stereocenters. The number of fused-ring (bicyclic) bond motifs is 2. The van der Waals surface area contributed by atoms with Crippen molar-refractivity contribution in [1.29, 1.82) is 0 Å². The fourth-order valence-electron chi connectivity index (χ4n) is 4.49. The second kappa shape index (κ2) is 8.29. The number of benzene rings is 3. The van der Waals surface area contributed by atoms with Gasteiger partial charge in [0.1, 0.15) is 12.4 Å². The van der Waals surface area contributed by atoms with Gasteiger partial charge in [-0.1, -0.05) is 30.3 Å². The normalized spacial score (nSPS) is 19.1. The smallest absolute Gasteiger partial charge is 0.269 e. The van der Waals surface area contributed by atoms with Crippen molar-refractivity contribution in [3.05, 3.63) is 89.2 Å². The van der Waals surface area contributed by atoms with Crippen molar-refractivity contribution >= 4 is 46.5 Å². The van der Waals surface area contributed by atoms with E-state index in [0.717, 1.165) is 11.1 Å². The van der Waals surface area contributed by atoms with E-state index in [1.165, 1.54) is 39.8 Å². The first-order valence-electron chi connectivity index (χ1n) is 10.8. The molecule has 0 bridgehead atoms. The highest BCUT2D eigenvalue weighted by molar-refractivity contribution is 8.02. The Kier molecular flexibility index (Phi) is 5.40. The van der Waals surface area contributed by atoms with E-state index in [4.69, 9.17) is 0 Å². The maximum atomic E-state index is 14.0. The summed E-state index contributed by atoms with van der Waals surface area (Å²) < 4.78 is 14.0. The predicted molar refractivity (Wildman–Crippen MR) is 131 cm³/mol. The van der Waals surface area contributed by atoms with Gasteiger partial charge in [0.2, 0.25) is 16.7 Å². The summed E-state index contributed by atoms with van der Waals surface area (Å²) in [5.74, 6) is -1.47. The molecule has 5 rings (SSSR count). The molecule has 2 heterocycles. The molecule has 3 aromatic carbocycles. The minimum absolute atomic E-state index is 0.0687. The van der Waals surface area contributed by atoms with Crippen LogP contribution in [-0.4, -0.2) is 30.0 Å². The number of nitrogens with zero attached hydrogens (tertiary/aromatic N) is 2. The lowest BCUT2D eigenvalue weighted by Gasteiger charge is -2.33. The standard InChI is InChI=1S/C26H22FN3O3S/c1-16-10-11-19(12-17(16)2)28-23(31)14-29-22-9-4-3-8-21(22)26(25(29)33)30(24(32)15-34-26)20-7-5-6-18(27)13-20/h3-13H,14-15H2,1-2H3,(H,28,31). The minimum atomic E-state index is -1.39. The lowest BCUT2D eigenvalue weighted by Crippen LogP contribution is -2.50. The van der Waals surface area contributed by atoms with E-state index in [9.17, 15) is 18.8 Å². The molecule has 1 N–H and O–H groups in total. The van der Waals surface area contributed by atoms with Crippen LogP contribution < -0.4 is 15.1 Å². The van der Waals surface area contributed by atoms with Crippen LogP contribution in [0.5, 0.6) is 0 Å². The average molecular weight is 476 g/mol. The van der Waals surface area contributed by atoms with Gasteiger partial charge in [-0.25, -0.2) is 4.39 Å². The molecule has 8 heteroatoms. The number of amides is 3. The van der Waals surface area contributed by atoms with Crippen molar-refractivity contribution in [2.45, 2.75) is 18.7 Å². The number of rotatable bonds is 4. The summed E-state index contributed by atoms with van der Waals surface area (Å²) in [5, 5.41) is 2.86. The molecule has 172 valence electrons. The summed E-state index contributed by atoms with van der Waals surface area (Å²) in [6, 6.07) is 18.4. The number of nitrogens with one attached hydrogen (secondary N) is 1. The number of carbonyl (C=O) groups excluding carboxylic acids is 3. The second-order valence-corrected chi connectivity index (χ2v) is 9.57. The summed E-state index contributed by atoms with van der Waals surface area (Å²) in [6.45, 7) is 3.74. The maximum absolute atomic E-state index is 14.0. The zero-order chi connectivity index (χ0) is 24.0. The van der Waals surface area contributed by atoms with Crippen molar-refractivity contribution in [1.82, 2.24) is 0 Å². The maximum Gasteiger partial charge on any atom is 0.269 e. The van der Waals surface area contributed by atoms with Gasteiger partial charge in [-0.15, -0.1) is 11.8 Å². The Labute approximate surface area is 200 Å². The van der Waals surface area contributed by atoms with E-state index < -0.39 is 16.6 Å². The van der Waals surface area contributed by atoms with Crippen LogP contribution in [0.3, 0.4) is 0 Å². The molecule has 1 spiro atoms. The van der Waals surface area contributed by atoms with Gasteiger partial charge in [0.25, 0.3) is 5.91 Å². The summed E-state index contributed by atoms with van der Waals surface area (Å²) in [7, 11) is 0. The quantitative estimate of drug-likeness (QED) is 0.609. The van der Waals surface area contributed by atoms with Gasteiger partial charge in [0.15, 0.2) is 0 Å². The Hall–Kier alpha value is -3.65. The fraction of sp³-hybridized carbons (Fsp3) is 0.192. The third kappa shape index (κ3) is 3.45. The van der Waals surface area contributed by atoms with Crippen molar-refractivity contribution in [2.24, 2.45) is 0 Å². The van der Waals surface area contributed by atoms with E-state index in [2.05, 4.69) is 5.32 Å². The fourth-order valence-corrected chi connectivity index (χ4v) is 5.85. The number of hydrogen-bond donors (Lipinski definition) is 1. The Morgan fingerprint density at radius 2 is 1.82 bits per heavy atom. The molecule has 2 aliphatic heterocycles. The Morgan fingerprint density at radius 1 is 1.03 bits per heavy atom. The van der Waals surface area contributed by atoms with Crippen LogP contribution in [0.1, 0.15) is 16.7 Å². The zero-order valence-corrected chi connectivity index (χ0v) is 19.5. The highest BCUT2D eigenvalue weighted by atomic mass is 32.2. The summed E-state index contributed by atoms with van der Waals surface area (Å²) >= 11 is 1.19. The van der Waals surface area contributed by atoms with Crippen molar-refractivity contribution in [3.8, 4) is 0 Å². The van der Waals surface area contributed by atoms with Crippen LogP contribution in [0.2, 0.25) is 0 Å². The molecule has 6 nitrogen and oxygen atoms in total. The number of hydrogen-bond acceptors (Lipinski definition) is 4. The predicted octanol–water partition coefficient (Wildman–Crippen LogP) is 4.36. The molecule has 3 amide bonds. The van der Waals surface area contributed by atoms with E-state index in [0.29, 0.717) is 22.6 Å².